The molecule has 0 unspecified atom stereocenters. The summed E-state index contributed by atoms with van der Waals surface area (Å²) < 4.78 is 0. The minimum atomic E-state index is -0.115. The Balaban J connectivity index is 1.58. The van der Waals surface area contributed by atoms with Crippen LogP contribution in [0.15, 0.2) is 18.6 Å². The number of hydrogen-bond donors (Lipinski definition) is 2. The largest absolute Gasteiger partial charge is 0.349 e. The fraction of sp³-hybridized carbons (Fsp3) is 0.600. The smallest absolute Gasteiger partial charge is 0.225 e. The number of carbonyl (C=O) groups is 1. The van der Waals surface area contributed by atoms with Crippen LogP contribution in [0.25, 0.3) is 0 Å². The van der Waals surface area contributed by atoms with Crippen molar-refractivity contribution >= 4 is 11.9 Å². The maximum atomic E-state index is 12.2. The number of aromatic nitrogens is 4. The number of hydrogen-bond acceptors (Lipinski definition) is 5. The second kappa shape index (κ2) is 8.97. The Labute approximate surface area is 161 Å². The van der Waals surface area contributed by atoms with Crippen molar-refractivity contribution in [3.05, 3.63) is 35.4 Å². The Kier molecular flexibility index (Phi) is 6.42. The molecule has 1 saturated carbocycles. The van der Waals surface area contributed by atoms with E-state index in [-0.39, 0.29) is 11.9 Å². The van der Waals surface area contributed by atoms with Crippen molar-refractivity contribution in [1.29, 1.82) is 0 Å². The van der Waals surface area contributed by atoms with E-state index < -0.39 is 0 Å². The molecule has 7 nitrogen and oxygen atoms in total. The van der Waals surface area contributed by atoms with Crippen molar-refractivity contribution in [1.82, 2.24) is 25.5 Å². The summed E-state index contributed by atoms with van der Waals surface area (Å²) in [5.41, 5.74) is 2.92. The van der Waals surface area contributed by atoms with E-state index >= 15 is 0 Å². The van der Waals surface area contributed by atoms with Gasteiger partial charge in [0.25, 0.3) is 0 Å². The van der Waals surface area contributed by atoms with Crippen LogP contribution in [0.2, 0.25) is 0 Å². The van der Waals surface area contributed by atoms with Gasteiger partial charge in [0.2, 0.25) is 11.9 Å². The van der Waals surface area contributed by atoms with Gasteiger partial charge in [-0.05, 0) is 38.7 Å². The zero-order valence-corrected chi connectivity index (χ0v) is 16.5. The summed E-state index contributed by atoms with van der Waals surface area (Å²) in [5, 5.41) is 9.71. The van der Waals surface area contributed by atoms with E-state index in [4.69, 9.17) is 4.98 Å². The minimum Gasteiger partial charge on any atom is -0.349 e. The van der Waals surface area contributed by atoms with E-state index in [9.17, 15) is 4.79 Å². The molecule has 0 aromatic carbocycles. The van der Waals surface area contributed by atoms with Gasteiger partial charge in [0, 0.05) is 43.2 Å². The summed E-state index contributed by atoms with van der Waals surface area (Å²) in [4.78, 5) is 23.7. The third-order valence-electron chi connectivity index (χ3n) is 5.48. The van der Waals surface area contributed by atoms with Crippen molar-refractivity contribution in [2.45, 2.75) is 70.9 Å². The van der Waals surface area contributed by atoms with Crippen molar-refractivity contribution in [3.63, 3.8) is 0 Å². The van der Waals surface area contributed by atoms with Crippen LogP contribution in [0, 0.1) is 6.92 Å². The molecule has 2 aromatic rings. The number of anilines is 1. The van der Waals surface area contributed by atoms with E-state index in [1.165, 1.54) is 32.1 Å². The van der Waals surface area contributed by atoms with E-state index in [1.54, 1.807) is 6.20 Å². The lowest BCUT2D eigenvalue weighted by molar-refractivity contribution is -0.121. The van der Waals surface area contributed by atoms with Crippen LogP contribution < -0.4 is 10.2 Å². The molecule has 0 saturated heterocycles. The van der Waals surface area contributed by atoms with Gasteiger partial charge in [0.05, 0.1) is 12.2 Å². The van der Waals surface area contributed by atoms with E-state index in [2.05, 4.69) is 32.4 Å². The minimum absolute atomic E-state index is 0.0199. The molecule has 1 aliphatic rings. The van der Waals surface area contributed by atoms with Gasteiger partial charge in [-0.3, -0.25) is 9.89 Å². The topological polar surface area (TPSA) is 86.8 Å². The lowest BCUT2D eigenvalue weighted by atomic mass is 9.95. The fourth-order valence-electron chi connectivity index (χ4n) is 3.75. The number of aromatic amines is 1. The highest BCUT2D eigenvalue weighted by atomic mass is 16.1. The van der Waals surface area contributed by atoms with Crippen LogP contribution in [0.3, 0.4) is 0 Å². The molecule has 2 aromatic heterocycles. The Hall–Kier alpha value is -2.44. The Morgan fingerprint density at radius 3 is 2.78 bits per heavy atom. The summed E-state index contributed by atoms with van der Waals surface area (Å²) in [6.07, 6.45) is 12.9. The first kappa shape index (κ1) is 19.3. The molecule has 1 fully saturated rings. The fourth-order valence-corrected chi connectivity index (χ4v) is 3.75. The first-order chi connectivity index (χ1) is 13.0. The number of rotatable bonds is 7. The summed E-state index contributed by atoms with van der Waals surface area (Å²) in [5.74, 6) is 0.799. The van der Waals surface area contributed by atoms with Crippen molar-refractivity contribution < 1.29 is 4.79 Å². The van der Waals surface area contributed by atoms with Gasteiger partial charge < -0.3 is 10.2 Å². The summed E-state index contributed by atoms with van der Waals surface area (Å²) >= 11 is 0. The molecular weight excluding hydrogens is 340 g/mol. The average Bonchev–Trinajstić information content (AvgIpc) is 3.20. The molecule has 0 aliphatic heterocycles. The van der Waals surface area contributed by atoms with Gasteiger partial charge in [-0.15, -0.1) is 0 Å². The SMILES string of the molecule is Cc1nc(N(C)C2CCCCC2)ncc1[C@@H](C)NC(=O)CCc1cn[nH]c1. The predicted molar refractivity (Wildman–Crippen MR) is 106 cm³/mol. The number of nitrogens with zero attached hydrogens (tertiary/aromatic N) is 4. The number of nitrogens with one attached hydrogen (secondary N) is 2. The summed E-state index contributed by atoms with van der Waals surface area (Å²) in [6.45, 7) is 3.97. The Morgan fingerprint density at radius 1 is 1.33 bits per heavy atom. The normalized spacial score (nSPS) is 16.1. The molecule has 1 atom stereocenters. The van der Waals surface area contributed by atoms with Gasteiger partial charge >= 0.3 is 0 Å². The first-order valence-corrected chi connectivity index (χ1v) is 9.88. The third-order valence-corrected chi connectivity index (χ3v) is 5.48. The highest BCUT2D eigenvalue weighted by Crippen LogP contribution is 2.25. The van der Waals surface area contributed by atoms with E-state index in [1.807, 2.05) is 26.2 Å². The van der Waals surface area contributed by atoms with Crippen molar-refractivity contribution in [2.75, 3.05) is 11.9 Å². The first-order valence-electron chi connectivity index (χ1n) is 9.88. The number of carbonyl (C=O) groups excluding carboxylic acids is 1. The number of amides is 1. The standard InChI is InChI=1S/C20H30N6O/c1-14(24-19(27)10-9-16-11-22-23-12-16)18-13-21-20(25-15(18)2)26(3)17-7-5-4-6-8-17/h11-14,17H,4-10H2,1-3H3,(H,22,23)(H,24,27)/t14-/m1/s1. The highest BCUT2D eigenvalue weighted by molar-refractivity contribution is 5.76. The molecule has 3 rings (SSSR count). The van der Waals surface area contributed by atoms with Crippen LogP contribution >= 0.6 is 0 Å². The highest BCUT2D eigenvalue weighted by Gasteiger charge is 2.21. The van der Waals surface area contributed by atoms with Gasteiger partial charge in [-0.25, -0.2) is 9.97 Å². The van der Waals surface area contributed by atoms with Crippen LogP contribution in [-0.4, -0.2) is 39.2 Å². The average molecular weight is 371 g/mol. The van der Waals surface area contributed by atoms with Crippen LogP contribution in [0.5, 0.6) is 0 Å². The molecule has 0 spiro atoms. The second-order valence-corrected chi connectivity index (χ2v) is 7.51. The molecule has 1 aliphatic carbocycles. The zero-order valence-electron chi connectivity index (χ0n) is 16.5. The lowest BCUT2D eigenvalue weighted by Crippen LogP contribution is -2.35. The second-order valence-electron chi connectivity index (χ2n) is 7.51. The molecule has 0 bridgehead atoms. The van der Waals surface area contributed by atoms with Gasteiger partial charge in [-0.2, -0.15) is 5.10 Å². The summed E-state index contributed by atoms with van der Waals surface area (Å²) in [6, 6.07) is 0.417. The molecule has 7 heteroatoms. The molecule has 1 amide bonds. The number of aryl methyl sites for hydroxylation is 2. The quantitative estimate of drug-likeness (QED) is 0.782. The van der Waals surface area contributed by atoms with Gasteiger partial charge in [-0.1, -0.05) is 19.3 Å². The van der Waals surface area contributed by atoms with Crippen molar-refractivity contribution in [3.8, 4) is 0 Å². The maximum Gasteiger partial charge on any atom is 0.225 e. The van der Waals surface area contributed by atoms with Gasteiger partial charge in [0.1, 0.15) is 0 Å². The number of H-pyrrole nitrogens is 1. The predicted octanol–water partition coefficient (Wildman–Crippen LogP) is 3.09. The van der Waals surface area contributed by atoms with Crippen LogP contribution in [0.4, 0.5) is 5.95 Å². The van der Waals surface area contributed by atoms with E-state index in [0.29, 0.717) is 18.9 Å². The summed E-state index contributed by atoms with van der Waals surface area (Å²) in [7, 11) is 2.09. The maximum absolute atomic E-state index is 12.2. The monoisotopic (exact) mass is 370 g/mol. The van der Waals surface area contributed by atoms with Crippen LogP contribution in [0.1, 0.15) is 68.3 Å². The molecule has 0 radical (unpaired) electrons. The Bertz CT molecular complexity index is 739. The zero-order chi connectivity index (χ0) is 19.2. The van der Waals surface area contributed by atoms with Crippen LogP contribution in [-0.2, 0) is 11.2 Å². The lowest BCUT2D eigenvalue weighted by Gasteiger charge is -2.31. The Morgan fingerprint density at radius 2 is 2.11 bits per heavy atom. The van der Waals surface area contributed by atoms with Gasteiger partial charge in [0.15, 0.2) is 0 Å². The van der Waals surface area contributed by atoms with Crippen molar-refractivity contribution in [2.24, 2.45) is 0 Å². The third kappa shape index (κ3) is 5.05. The molecular formula is C20H30N6O. The van der Waals surface area contributed by atoms with E-state index in [0.717, 1.165) is 22.8 Å². The molecule has 27 heavy (non-hydrogen) atoms. The molecule has 2 heterocycles. The molecule has 146 valence electrons. The molecule has 2 N–H and O–H groups in total.